The van der Waals surface area contributed by atoms with Crippen LogP contribution in [0.25, 0.3) is 0 Å². The van der Waals surface area contributed by atoms with Gasteiger partial charge in [0.05, 0.1) is 18.8 Å². The number of amides is 1. The Labute approximate surface area is 203 Å². The first-order valence-electron chi connectivity index (χ1n) is 11.4. The first-order chi connectivity index (χ1) is 16.4. The standard InChI is InChI=1S/C26H29N3O4S/c1-5-32-20-12-11-18(13-21(20)33-6-2)19-14-22(30)27-24-23(19)25(31)28-26(29(24)4)34-15-17-9-7-16(3)8-10-17/h7-13,19H,5-6,14-15H2,1-4H3,(H,27,30)/t19-/m0/s1. The third-order valence-electron chi connectivity index (χ3n) is 5.76. The van der Waals surface area contributed by atoms with Crippen LogP contribution in [0.5, 0.6) is 11.5 Å². The average Bonchev–Trinajstić information content (AvgIpc) is 2.82. The van der Waals surface area contributed by atoms with E-state index >= 15 is 0 Å². The molecule has 1 N–H and O–H groups in total. The number of hydrogen-bond acceptors (Lipinski definition) is 6. The molecule has 0 saturated carbocycles. The van der Waals surface area contributed by atoms with Crippen LogP contribution in [0.4, 0.5) is 5.82 Å². The van der Waals surface area contributed by atoms with E-state index in [9.17, 15) is 9.59 Å². The zero-order valence-electron chi connectivity index (χ0n) is 19.9. The van der Waals surface area contributed by atoms with E-state index in [1.165, 1.54) is 17.3 Å². The molecule has 0 aliphatic carbocycles. The van der Waals surface area contributed by atoms with E-state index in [1.54, 1.807) is 4.57 Å². The van der Waals surface area contributed by atoms with Gasteiger partial charge >= 0.3 is 0 Å². The van der Waals surface area contributed by atoms with Gasteiger partial charge in [0.2, 0.25) is 5.91 Å². The molecule has 178 valence electrons. The molecule has 3 aromatic rings. The highest BCUT2D eigenvalue weighted by Gasteiger charge is 2.32. The Bertz CT molecular complexity index is 1250. The maximum Gasteiger partial charge on any atom is 0.279 e. The van der Waals surface area contributed by atoms with Crippen LogP contribution in [0.15, 0.2) is 52.4 Å². The minimum Gasteiger partial charge on any atom is -0.490 e. The largest absolute Gasteiger partial charge is 0.490 e. The van der Waals surface area contributed by atoms with E-state index in [0.29, 0.717) is 47.0 Å². The second-order valence-corrected chi connectivity index (χ2v) is 9.11. The second-order valence-electron chi connectivity index (χ2n) is 8.17. The fourth-order valence-electron chi connectivity index (χ4n) is 4.07. The lowest BCUT2D eigenvalue weighted by atomic mass is 9.86. The van der Waals surface area contributed by atoms with Crippen molar-refractivity contribution < 1.29 is 14.3 Å². The van der Waals surface area contributed by atoms with Gasteiger partial charge in [-0.3, -0.25) is 9.59 Å². The predicted molar refractivity (Wildman–Crippen MR) is 134 cm³/mol. The van der Waals surface area contributed by atoms with Gasteiger partial charge in [-0.15, -0.1) is 0 Å². The SMILES string of the molecule is CCOc1ccc([C@@H]2CC(=O)Nc3c2c(=O)nc(SCc2ccc(C)cc2)n3C)cc1OCC. The molecule has 0 unspecified atom stereocenters. The monoisotopic (exact) mass is 479 g/mol. The Morgan fingerprint density at radius 3 is 2.47 bits per heavy atom. The van der Waals surface area contributed by atoms with E-state index in [0.717, 1.165) is 11.1 Å². The summed E-state index contributed by atoms with van der Waals surface area (Å²) in [6, 6.07) is 13.8. The van der Waals surface area contributed by atoms with Gasteiger partial charge in [-0.05, 0) is 44.0 Å². The maximum absolute atomic E-state index is 13.2. The van der Waals surface area contributed by atoms with E-state index in [2.05, 4.69) is 34.6 Å². The van der Waals surface area contributed by atoms with Gasteiger partial charge in [-0.2, -0.15) is 4.98 Å². The van der Waals surface area contributed by atoms with Gasteiger partial charge < -0.3 is 19.4 Å². The molecule has 0 radical (unpaired) electrons. The quantitative estimate of drug-likeness (QED) is 0.374. The van der Waals surface area contributed by atoms with Gasteiger partial charge in [-0.1, -0.05) is 47.7 Å². The minimum atomic E-state index is -0.416. The molecule has 0 fully saturated rings. The van der Waals surface area contributed by atoms with Crippen LogP contribution in [-0.4, -0.2) is 28.7 Å². The van der Waals surface area contributed by atoms with Crippen molar-refractivity contribution in [2.45, 2.75) is 44.0 Å². The summed E-state index contributed by atoms with van der Waals surface area (Å²) in [4.78, 5) is 30.3. The highest BCUT2D eigenvalue weighted by atomic mass is 32.2. The third-order valence-corrected chi connectivity index (χ3v) is 6.86. The van der Waals surface area contributed by atoms with Crippen molar-refractivity contribution in [1.29, 1.82) is 0 Å². The predicted octanol–water partition coefficient (Wildman–Crippen LogP) is 4.65. The number of rotatable bonds is 8. The van der Waals surface area contributed by atoms with E-state index < -0.39 is 5.92 Å². The number of carbonyl (C=O) groups excluding carboxylic acids is 1. The normalized spacial score (nSPS) is 14.9. The number of aryl methyl sites for hydroxylation is 1. The van der Waals surface area contributed by atoms with Gasteiger partial charge in [0.15, 0.2) is 16.7 Å². The second kappa shape index (κ2) is 10.3. The van der Waals surface area contributed by atoms with Gasteiger partial charge in [0.25, 0.3) is 5.56 Å². The molecular formula is C26H29N3O4S. The molecule has 1 aliphatic rings. The highest BCUT2D eigenvalue weighted by molar-refractivity contribution is 7.98. The van der Waals surface area contributed by atoms with Crippen molar-refractivity contribution in [3.05, 3.63) is 75.1 Å². The summed E-state index contributed by atoms with van der Waals surface area (Å²) in [5, 5.41) is 3.46. The van der Waals surface area contributed by atoms with Crippen LogP contribution in [0, 0.1) is 6.92 Å². The van der Waals surface area contributed by atoms with Crippen LogP contribution in [-0.2, 0) is 17.6 Å². The number of hydrogen-bond donors (Lipinski definition) is 1. The lowest BCUT2D eigenvalue weighted by Crippen LogP contribution is -2.33. The van der Waals surface area contributed by atoms with Crippen LogP contribution in [0.1, 0.15) is 48.4 Å². The van der Waals surface area contributed by atoms with Gasteiger partial charge in [0, 0.05) is 25.1 Å². The van der Waals surface area contributed by atoms with E-state index in [4.69, 9.17) is 9.47 Å². The molecule has 0 bridgehead atoms. The molecule has 4 rings (SSSR count). The number of benzene rings is 2. The Balaban J connectivity index is 1.70. The van der Waals surface area contributed by atoms with Crippen molar-refractivity contribution in [3.8, 4) is 11.5 Å². The smallest absolute Gasteiger partial charge is 0.279 e. The van der Waals surface area contributed by atoms with Crippen molar-refractivity contribution in [1.82, 2.24) is 9.55 Å². The molecule has 34 heavy (non-hydrogen) atoms. The molecule has 1 amide bonds. The van der Waals surface area contributed by atoms with Crippen LogP contribution in [0.3, 0.4) is 0 Å². The summed E-state index contributed by atoms with van der Waals surface area (Å²) in [5.74, 6) is 1.86. The lowest BCUT2D eigenvalue weighted by Gasteiger charge is -2.28. The summed E-state index contributed by atoms with van der Waals surface area (Å²) in [6.45, 7) is 6.86. The maximum atomic E-state index is 13.2. The first kappa shape index (κ1) is 23.9. The van der Waals surface area contributed by atoms with Gasteiger partial charge in [-0.25, -0.2) is 0 Å². The molecular weight excluding hydrogens is 450 g/mol. The summed E-state index contributed by atoms with van der Waals surface area (Å²) in [7, 11) is 1.83. The molecule has 7 nitrogen and oxygen atoms in total. The number of ether oxygens (including phenoxy) is 2. The van der Waals surface area contributed by atoms with Crippen molar-refractivity contribution in [2.24, 2.45) is 7.05 Å². The number of carbonyl (C=O) groups is 1. The van der Waals surface area contributed by atoms with Gasteiger partial charge in [0.1, 0.15) is 5.82 Å². The summed E-state index contributed by atoms with van der Waals surface area (Å²) in [6.07, 6.45) is 0.166. The molecule has 0 saturated heterocycles. The Kier molecular flexibility index (Phi) is 7.26. The zero-order chi connectivity index (χ0) is 24.2. The van der Waals surface area contributed by atoms with E-state index in [1.807, 2.05) is 46.0 Å². The molecule has 1 atom stereocenters. The third kappa shape index (κ3) is 4.97. The Morgan fingerprint density at radius 1 is 1.06 bits per heavy atom. The van der Waals surface area contributed by atoms with Crippen LogP contribution in [0.2, 0.25) is 0 Å². The molecule has 0 spiro atoms. The van der Waals surface area contributed by atoms with E-state index in [-0.39, 0.29) is 17.9 Å². The molecule has 8 heteroatoms. The number of nitrogens with one attached hydrogen (secondary N) is 1. The number of thioether (sulfide) groups is 1. The van der Waals surface area contributed by atoms with Crippen molar-refractivity contribution >= 4 is 23.5 Å². The number of anilines is 1. The fourth-order valence-corrected chi connectivity index (χ4v) is 4.99. The number of fused-ring (bicyclic) bond motifs is 1. The fraction of sp³-hybridized carbons (Fsp3) is 0.346. The Morgan fingerprint density at radius 2 is 1.76 bits per heavy atom. The molecule has 1 aromatic heterocycles. The lowest BCUT2D eigenvalue weighted by molar-refractivity contribution is -0.116. The van der Waals surface area contributed by atoms with Crippen LogP contribution >= 0.6 is 11.8 Å². The summed E-state index contributed by atoms with van der Waals surface area (Å²) >= 11 is 1.47. The molecule has 2 aromatic carbocycles. The first-order valence-corrected chi connectivity index (χ1v) is 12.4. The highest BCUT2D eigenvalue weighted by Crippen LogP contribution is 2.39. The minimum absolute atomic E-state index is 0.139. The molecule has 1 aliphatic heterocycles. The molecule has 2 heterocycles. The number of aromatic nitrogens is 2. The summed E-state index contributed by atoms with van der Waals surface area (Å²) in [5.41, 5.74) is 3.33. The van der Waals surface area contributed by atoms with Crippen molar-refractivity contribution in [2.75, 3.05) is 18.5 Å². The average molecular weight is 480 g/mol. The van der Waals surface area contributed by atoms with Crippen LogP contribution < -0.4 is 20.3 Å². The van der Waals surface area contributed by atoms with Crippen molar-refractivity contribution in [3.63, 3.8) is 0 Å². The summed E-state index contributed by atoms with van der Waals surface area (Å²) < 4.78 is 13.2. The Hall–Kier alpha value is -3.26. The zero-order valence-corrected chi connectivity index (χ0v) is 20.7. The topological polar surface area (TPSA) is 82.5 Å². The number of nitrogens with zero attached hydrogens (tertiary/aromatic N) is 2.